The largest absolute Gasteiger partial charge is 0.496 e. The molecule has 140 valence electrons. The summed E-state index contributed by atoms with van der Waals surface area (Å²) in [5.74, 6) is 1.32. The Morgan fingerprint density at radius 1 is 1.04 bits per heavy atom. The van der Waals surface area contributed by atoms with Crippen molar-refractivity contribution in [2.45, 2.75) is 59.4 Å². The van der Waals surface area contributed by atoms with Crippen LogP contribution in [-0.4, -0.2) is 13.0 Å². The number of ether oxygens (including phenoxy) is 1. The van der Waals surface area contributed by atoms with E-state index in [0.29, 0.717) is 12.3 Å². The number of nitrogens with one attached hydrogen (secondary N) is 1. The van der Waals surface area contributed by atoms with Gasteiger partial charge in [-0.15, -0.1) is 0 Å². The summed E-state index contributed by atoms with van der Waals surface area (Å²) in [6.45, 7) is 10.5. The first kappa shape index (κ1) is 20.0. The van der Waals surface area contributed by atoms with Gasteiger partial charge in [-0.2, -0.15) is 0 Å². The number of benzene rings is 2. The average molecular weight is 354 g/mol. The molecule has 1 atom stereocenters. The Labute approximate surface area is 157 Å². The van der Waals surface area contributed by atoms with Gasteiger partial charge >= 0.3 is 0 Å². The highest BCUT2D eigenvalue weighted by Crippen LogP contribution is 2.32. The number of amides is 1. The van der Waals surface area contributed by atoms with Crippen LogP contribution in [-0.2, 0) is 17.6 Å². The summed E-state index contributed by atoms with van der Waals surface area (Å²) in [6.07, 6.45) is 1.42. The summed E-state index contributed by atoms with van der Waals surface area (Å²) >= 11 is 0. The van der Waals surface area contributed by atoms with Crippen molar-refractivity contribution in [1.29, 1.82) is 0 Å². The van der Waals surface area contributed by atoms with Gasteiger partial charge in [0.25, 0.3) is 0 Å². The molecule has 0 spiro atoms. The molecule has 0 bridgehead atoms. The quantitative estimate of drug-likeness (QED) is 0.751. The second kappa shape index (κ2) is 8.88. The van der Waals surface area contributed by atoms with Crippen LogP contribution in [0.2, 0.25) is 0 Å². The van der Waals surface area contributed by atoms with Crippen LogP contribution in [0.25, 0.3) is 0 Å². The minimum Gasteiger partial charge on any atom is -0.496 e. The minimum atomic E-state index is -0.0409. The fraction of sp³-hybridized carbons (Fsp3) is 0.435. The molecule has 1 unspecified atom stereocenters. The minimum absolute atomic E-state index is 0.0409. The van der Waals surface area contributed by atoms with Crippen molar-refractivity contribution in [3.63, 3.8) is 0 Å². The summed E-state index contributed by atoms with van der Waals surface area (Å²) in [4.78, 5) is 12.5. The lowest BCUT2D eigenvalue weighted by Gasteiger charge is -2.21. The van der Waals surface area contributed by atoms with Crippen LogP contribution >= 0.6 is 0 Å². The van der Waals surface area contributed by atoms with Crippen molar-refractivity contribution in [2.75, 3.05) is 7.11 Å². The molecular formula is C23H31NO2. The van der Waals surface area contributed by atoms with E-state index in [9.17, 15) is 4.79 Å². The first-order valence-corrected chi connectivity index (χ1v) is 9.41. The molecule has 0 saturated carbocycles. The van der Waals surface area contributed by atoms with Crippen molar-refractivity contribution >= 4 is 5.91 Å². The van der Waals surface area contributed by atoms with Gasteiger partial charge in [-0.05, 0) is 66.1 Å². The lowest BCUT2D eigenvalue weighted by Crippen LogP contribution is -2.28. The Morgan fingerprint density at radius 2 is 1.65 bits per heavy atom. The number of carbonyl (C=O) groups is 1. The number of rotatable bonds is 7. The molecule has 0 radical (unpaired) electrons. The standard InChI is InChI=1S/C23H31NO2/c1-7-18-8-10-19(11-9-18)13-23(25)24-17(5)21-14-20(15(2)3)22(26-6)12-16(21)4/h8-12,14-15,17H,7,13H2,1-6H3,(H,24,25). The van der Waals surface area contributed by atoms with E-state index in [-0.39, 0.29) is 11.9 Å². The van der Waals surface area contributed by atoms with Crippen LogP contribution in [0.15, 0.2) is 36.4 Å². The van der Waals surface area contributed by atoms with Crippen molar-refractivity contribution in [3.8, 4) is 5.75 Å². The zero-order valence-electron chi connectivity index (χ0n) is 16.8. The highest BCUT2D eigenvalue weighted by Gasteiger charge is 2.17. The third kappa shape index (κ3) is 4.87. The molecule has 3 nitrogen and oxygen atoms in total. The van der Waals surface area contributed by atoms with Gasteiger partial charge in [0, 0.05) is 0 Å². The normalized spacial score (nSPS) is 12.1. The molecule has 0 aromatic heterocycles. The van der Waals surface area contributed by atoms with E-state index in [1.807, 2.05) is 19.1 Å². The van der Waals surface area contributed by atoms with Gasteiger partial charge in [0.05, 0.1) is 19.6 Å². The van der Waals surface area contributed by atoms with E-state index in [1.165, 1.54) is 11.1 Å². The Morgan fingerprint density at radius 3 is 2.19 bits per heavy atom. The Hall–Kier alpha value is -2.29. The molecule has 0 aliphatic rings. The number of carbonyl (C=O) groups excluding carboxylic acids is 1. The molecule has 2 aromatic carbocycles. The van der Waals surface area contributed by atoms with Gasteiger partial charge in [0.2, 0.25) is 5.91 Å². The smallest absolute Gasteiger partial charge is 0.224 e. The van der Waals surface area contributed by atoms with Crippen LogP contribution in [0, 0.1) is 6.92 Å². The summed E-state index contributed by atoms with van der Waals surface area (Å²) in [5, 5.41) is 3.14. The average Bonchev–Trinajstić information content (AvgIpc) is 2.61. The van der Waals surface area contributed by atoms with Gasteiger partial charge in [0.15, 0.2) is 0 Å². The van der Waals surface area contributed by atoms with Crippen LogP contribution in [0.1, 0.15) is 67.5 Å². The van der Waals surface area contributed by atoms with Crippen molar-refractivity contribution in [2.24, 2.45) is 0 Å². The summed E-state index contributed by atoms with van der Waals surface area (Å²) in [7, 11) is 1.70. The van der Waals surface area contributed by atoms with Gasteiger partial charge in [-0.1, -0.05) is 45.0 Å². The maximum absolute atomic E-state index is 12.5. The van der Waals surface area contributed by atoms with Gasteiger partial charge in [-0.3, -0.25) is 4.79 Å². The van der Waals surface area contributed by atoms with Crippen LogP contribution < -0.4 is 10.1 Å². The summed E-state index contributed by atoms with van der Waals surface area (Å²) in [6, 6.07) is 12.5. The van der Waals surface area contributed by atoms with E-state index in [1.54, 1.807) is 7.11 Å². The Kier molecular flexibility index (Phi) is 6.84. The molecule has 0 heterocycles. The molecule has 26 heavy (non-hydrogen) atoms. The molecule has 0 fully saturated rings. The van der Waals surface area contributed by atoms with E-state index >= 15 is 0 Å². The molecule has 3 heteroatoms. The molecular weight excluding hydrogens is 322 g/mol. The first-order chi connectivity index (χ1) is 12.3. The number of hydrogen-bond acceptors (Lipinski definition) is 2. The third-order valence-corrected chi connectivity index (χ3v) is 4.88. The first-order valence-electron chi connectivity index (χ1n) is 9.41. The summed E-state index contributed by atoms with van der Waals surface area (Å²) < 4.78 is 5.51. The van der Waals surface area contributed by atoms with Crippen LogP contribution in [0.3, 0.4) is 0 Å². The highest BCUT2D eigenvalue weighted by atomic mass is 16.5. The van der Waals surface area contributed by atoms with E-state index in [4.69, 9.17) is 4.74 Å². The van der Waals surface area contributed by atoms with Gasteiger partial charge < -0.3 is 10.1 Å². The van der Waals surface area contributed by atoms with Crippen molar-refractivity contribution in [1.82, 2.24) is 5.32 Å². The van der Waals surface area contributed by atoms with Crippen molar-refractivity contribution in [3.05, 3.63) is 64.2 Å². The van der Waals surface area contributed by atoms with E-state index in [0.717, 1.165) is 28.9 Å². The monoisotopic (exact) mass is 353 g/mol. The van der Waals surface area contributed by atoms with Crippen LogP contribution in [0.4, 0.5) is 0 Å². The van der Waals surface area contributed by atoms with Crippen molar-refractivity contribution < 1.29 is 9.53 Å². The van der Waals surface area contributed by atoms with E-state index < -0.39 is 0 Å². The predicted molar refractivity (Wildman–Crippen MR) is 108 cm³/mol. The molecule has 1 amide bonds. The fourth-order valence-corrected chi connectivity index (χ4v) is 3.26. The zero-order chi connectivity index (χ0) is 19.3. The number of aryl methyl sites for hydroxylation is 2. The fourth-order valence-electron chi connectivity index (χ4n) is 3.26. The predicted octanol–water partition coefficient (Wildman–Crippen LogP) is 5.11. The lowest BCUT2D eigenvalue weighted by atomic mass is 9.93. The third-order valence-electron chi connectivity index (χ3n) is 4.88. The highest BCUT2D eigenvalue weighted by molar-refractivity contribution is 5.79. The SMILES string of the molecule is CCc1ccc(CC(=O)NC(C)c2cc(C(C)C)c(OC)cc2C)cc1. The van der Waals surface area contributed by atoms with Gasteiger partial charge in [0.1, 0.15) is 5.75 Å². The maximum atomic E-state index is 12.5. The second-order valence-electron chi connectivity index (χ2n) is 7.24. The van der Waals surface area contributed by atoms with Crippen LogP contribution in [0.5, 0.6) is 5.75 Å². The molecule has 0 aliphatic heterocycles. The van der Waals surface area contributed by atoms with Gasteiger partial charge in [-0.25, -0.2) is 0 Å². The second-order valence-corrected chi connectivity index (χ2v) is 7.24. The maximum Gasteiger partial charge on any atom is 0.224 e. The molecule has 0 saturated heterocycles. The molecule has 0 aliphatic carbocycles. The topological polar surface area (TPSA) is 38.3 Å². The number of hydrogen-bond donors (Lipinski definition) is 1. The Balaban J connectivity index is 2.11. The summed E-state index contributed by atoms with van der Waals surface area (Å²) in [5.41, 5.74) is 5.78. The zero-order valence-corrected chi connectivity index (χ0v) is 16.8. The lowest BCUT2D eigenvalue weighted by molar-refractivity contribution is -0.121. The molecule has 2 aromatic rings. The number of methoxy groups -OCH3 is 1. The molecule has 2 rings (SSSR count). The Bertz CT molecular complexity index is 748. The molecule has 1 N–H and O–H groups in total. The van der Waals surface area contributed by atoms with E-state index in [2.05, 4.69) is 57.3 Å².